The van der Waals surface area contributed by atoms with Crippen molar-refractivity contribution in [1.82, 2.24) is 23.9 Å². The minimum Gasteiger partial charge on any atom is -0.372 e. The van der Waals surface area contributed by atoms with Crippen molar-refractivity contribution in [1.29, 1.82) is 0 Å². The van der Waals surface area contributed by atoms with E-state index < -0.39 is 22.7 Å². The van der Waals surface area contributed by atoms with Crippen molar-refractivity contribution in [3.8, 4) is 0 Å². The van der Waals surface area contributed by atoms with Gasteiger partial charge in [-0.15, -0.1) is 0 Å². The van der Waals surface area contributed by atoms with Crippen LogP contribution in [-0.4, -0.2) is 40.9 Å². The molecule has 9 nitrogen and oxygen atoms in total. The van der Waals surface area contributed by atoms with E-state index in [9.17, 15) is 9.00 Å². The minimum atomic E-state index is -1.70. The van der Waals surface area contributed by atoms with Crippen molar-refractivity contribution in [2.75, 3.05) is 17.7 Å². The number of carbonyl (C=O) groups is 1. The zero-order valence-corrected chi connectivity index (χ0v) is 20.1. The van der Waals surface area contributed by atoms with E-state index in [1.165, 1.54) is 28.6 Å². The maximum Gasteiger partial charge on any atom is 0.226 e. The van der Waals surface area contributed by atoms with Crippen LogP contribution in [0.5, 0.6) is 0 Å². The predicted molar refractivity (Wildman–Crippen MR) is 135 cm³/mol. The van der Waals surface area contributed by atoms with E-state index in [0.29, 0.717) is 21.8 Å². The summed E-state index contributed by atoms with van der Waals surface area (Å²) in [6.45, 7) is 1.86. The molecule has 2 N–H and O–H groups in total. The Morgan fingerprint density at radius 1 is 1.00 bits per heavy atom. The lowest BCUT2D eigenvalue weighted by Gasteiger charge is -2.08. The molecule has 5 aromatic rings. The number of halogens is 1. The van der Waals surface area contributed by atoms with E-state index >= 15 is 4.39 Å². The highest BCUT2D eigenvalue weighted by Gasteiger charge is 2.25. The largest absolute Gasteiger partial charge is 0.372 e. The van der Waals surface area contributed by atoms with Crippen molar-refractivity contribution >= 4 is 45.1 Å². The molecule has 0 aliphatic carbocycles. The molecule has 1 unspecified atom stereocenters. The highest BCUT2D eigenvalue weighted by molar-refractivity contribution is 7.83. The molecule has 0 bridgehead atoms. The fraction of sp³-hybridized carbons (Fsp3) is 0.0800. The van der Waals surface area contributed by atoms with Gasteiger partial charge >= 0.3 is 0 Å². The highest BCUT2D eigenvalue weighted by Crippen LogP contribution is 2.30. The van der Waals surface area contributed by atoms with E-state index in [0.717, 1.165) is 5.69 Å². The van der Waals surface area contributed by atoms with Gasteiger partial charge in [-0.2, -0.15) is 4.39 Å². The molecule has 0 saturated carbocycles. The third-order valence-corrected chi connectivity index (χ3v) is 6.74. The molecule has 5 rings (SSSR count). The lowest BCUT2D eigenvalue weighted by atomic mass is 10.0. The summed E-state index contributed by atoms with van der Waals surface area (Å²) < 4.78 is 29.8. The van der Waals surface area contributed by atoms with Gasteiger partial charge in [0, 0.05) is 18.9 Å². The lowest BCUT2D eigenvalue weighted by Crippen LogP contribution is -2.08. The highest BCUT2D eigenvalue weighted by atomic mass is 32.2. The topological polar surface area (TPSA) is 115 Å². The molecule has 0 saturated heterocycles. The molecule has 1 atom stereocenters. The number of benzene rings is 1. The van der Waals surface area contributed by atoms with Crippen molar-refractivity contribution in [2.24, 2.45) is 0 Å². The first-order valence-electron chi connectivity index (χ1n) is 10.9. The van der Waals surface area contributed by atoms with E-state index in [1.54, 1.807) is 43.6 Å². The number of aromatic nitrogens is 5. The number of fused-ring (bicyclic) bond motifs is 1. The van der Waals surface area contributed by atoms with Crippen LogP contribution >= 0.6 is 0 Å². The van der Waals surface area contributed by atoms with Gasteiger partial charge in [0.25, 0.3) is 0 Å². The Morgan fingerprint density at radius 3 is 2.50 bits per heavy atom. The maximum atomic E-state index is 15.1. The zero-order chi connectivity index (χ0) is 25.2. The van der Waals surface area contributed by atoms with E-state index in [4.69, 9.17) is 0 Å². The summed E-state index contributed by atoms with van der Waals surface area (Å²) in [5, 5.41) is 6.22. The Kier molecular flexibility index (Phi) is 6.21. The SMILES string of the molecule is CNc1ncnc2c1c(C(=O)c1ccc(Nc3ccc(C)nc3)nc1F)cn2S(=O)c1ccccc1. The molecule has 36 heavy (non-hydrogen) atoms. The van der Waals surface area contributed by atoms with Crippen LogP contribution in [0, 0.1) is 12.9 Å². The number of ketones is 1. The molecule has 180 valence electrons. The summed E-state index contributed by atoms with van der Waals surface area (Å²) in [5.41, 5.74) is 1.62. The summed E-state index contributed by atoms with van der Waals surface area (Å²) in [6, 6.07) is 15.2. The second kappa shape index (κ2) is 9.62. The Labute approximate surface area is 208 Å². The number of nitrogens with one attached hydrogen (secondary N) is 2. The molecule has 0 aliphatic heterocycles. The summed E-state index contributed by atoms with van der Waals surface area (Å²) in [5.74, 6) is -1.01. The van der Waals surface area contributed by atoms with Gasteiger partial charge in [-0.25, -0.2) is 23.1 Å². The van der Waals surface area contributed by atoms with Crippen LogP contribution < -0.4 is 10.6 Å². The fourth-order valence-corrected chi connectivity index (χ4v) is 4.79. The normalized spacial score (nSPS) is 11.9. The maximum absolute atomic E-state index is 15.1. The number of rotatable bonds is 7. The molecule has 0 radical (unpaired) electrons. The standard InChI is InChI=1S/C25H20FN7O2S/c1-15-8-9-16(12-28-15)31-20-11-10-18(23(26)32-20)22(34)19-13-33(36(35)17-6-4-3-5-7-17)25-21(19)24(27-2)29-14-30-25/h3-14H,1-2H3,(H,31,32)(H,27,29,30). The molecule has 4 aromatic heterocycles. The van der Waals surface area contributed by atoms with Crippen LogP contribution in [0.4, 0.5) is 21.7 Å². The Balaban J connectivity index is 1.55. The van der Waals surface area contributed by atoms with Gasteiger partial charge in [-0.1, -0.05) is 18.2 Å². The Bertz CT molecular complexity index is 1600. The molecule has 0 spiro atoms. The van der Waals surface area contributed by atoms with Crippen LogP contribution in [0.3, 0.4) is 0 Å². The van der Waals surface area contributed by atoms with Gasteiger partial charge in [0.15, 0.2) is 22.4 Å². The molecule has 0 amide bonds. The van der Waals surface area contributed by atoms with Gasteiger partial charge in [0.05, 0.1) is 33.3 Å². The molecule has 4 heterocycles. The minimum absolute atomic E-state index is 0.100. The fourth-order valence-electron chi connectivity index (χ4n) is 3.68. The first kappa shape index (κ1) is 23.2. The molecule has 0 aliphatic rings. The van der Waals surface area contributed by atoms with E-state index in [-0.39, 0.29) is 22.6 Å². The Hall–Kier alpha value is -4.51. The number of hydrogen-bond acceptors (Lipinski definition) is 8. The van der Waals surface area contributed by atoms with Gasteiger partial charge in [0.2, 0.25) is 5.95 Å². The number of hydrogen-bond donors (Lipinski definition) is 2. The van der Waals surface area contributed by atoms with Gasteiger partial charge in [-0.3, -0.25) is 9.78 Å². The smallest absolute Gasteiger partial charge is 0.226 e. The molecule has 0 fully saturated rings. The molecule has 1 aromatic carbocycles. The monoisotopic (exact) mass is 501 g/mol. The summed E-state index contributed by atoms with van der Waals surface area (Å²) in [4.78, 5) is 30.6. The summed E-state index contributed by atoms with van der Waals surface area (Å²) in [7, 11) is -0.0531. The lowest BCUT2D eigenvalue weighted by molar-refractivity contribution is 0.103. The summed E-state index contributed by atoms with van der Waals surface area (Å²) in [6.07, 6.45) is 4.33. The zero-order valence-electron chi connectivity index (χ0n) is 19.3. The van der Waals surface area contributed by atoms with Crippen LogP contribution in [0.15, 0.2) is 78.2 Å². The van der Waals surface area contributed by atoms with Crippen LogP contribution in [-0.2, 0) is 11.0 Å². The first-order valence-corrected chi connectivity index (χ1v) is 12.0. The number of carbonyl (C=O) groups excluding carboxylic acids is 1. The molecular weight excluding hydrogens is 481 g/mol. The molecule has 11 heteroatoms. The quantitative estimate of drug-likeness (QED) is 0.251. The summed E-state index contributed by atoms with van der Waals surface area (Å²) >= 11 is 0. The number of anilines is 3. The number of pyridine rings is 2. The van der Waals surface area contributed by atoms with Gasteiger partial charge < -0.3 is 10.6 Å². The van der Waals surface area contributed by atoms with Crippen molar-refractivity contribution in [2.45, 2.75) is 11.8 Å². The van der Waals surface area contributed by atoms with Crippen molar-refractivity contribution in [3.63, 3.8) is 0 Å². The number of aryl methyl sites for hydroxylation is 1. The van der Waals surface area contributed by atoms with Gasteiger partial charge in [0.1, 0.15) is 18.0 Å². The average Bonchev–Trinajstić information content (AvgIpc) is 3.30. The average molecular weight is 502 g/mol. The van der Waals surface area contributed by atoms with Crippen LogP contribution in [0.2, 0.25) is 0 Å². The molecular formula is C25H20FN7O2S. The second-order valence-electron chi connectivity index (χ2n) is 7.78. The van der Waals surface area contributed by atoms with Crippen LogP contribution in [0.25, 0.3) is 11.0 Å². The third kappa shape index (κ3) is 4.31. The number of nitrogens with zero attached hydrogens (tertiary/aromatic N) is 5. The van der Waals surface area contributed by atoms with E-state index in [1.807, 2.05) is 19.1 Å². The van der Waals surface area contributed by atoms with Crippen LogP contribution in [0.1, 0.15) is 21.6 Å². The van der Waals surface area contributed by atoms with Crippen molar-refractivity contribution < 1.29 is 13.4 Å². The van der Waals surface area contributed by atoms with Crippen molar-refractivity contribution in [3.05, 3.63) is 96.1 Å². The first-order chi connectivity index (χ1) is 17.5. The van der Waals surface area contributed by atoms with E-state index in [2.05, 4.69) is 30.6 Å². The second-order valence-corrected chi connectivity index (χ2v) is 9.14. The predicted octanol–water partition coefficient (Wildman–Crippen LogP) is 4.26. The third-order valence-electron chi connectivity index (χ3n) is 5.43. The Morgan fingerprint density at radius 2 is 1.81 bits per heavy atom. The van der Waals surface area contributed by atoms with Gasteiger partial charge in [-0.05, 0) is 43.3 Å².